The fourth-order valence-electron chi connectivity index (χ4n) is 1.61. The molecule has 1 aromatic carbocycles. The zero-order valence-electron chi connectivity index (χ0n) is 9.80. The Balaban J connectivity index is 2.43. The van der Waals surface area contributed by atoms with Crippen molar-refractivity contribution >= 4 is 16.7 Å². The van der Waals surface area contributed by atoms with Gasteiger partial charge in [-0.25, -0.2) is 5.10 Å². The lowest BCUT2D eigenvalue weighted by atomic mass is 10.1. The topological polar surface area (TPSA) is 95.1 Å². The van der Waals surface area contributed by atoms with E-state index >= 15 is 0 Å². The Morgan fingerprint density at radius 2 is 2.11 bits per heavy atom. The maximum absolute atomic E-state index is 11.9. The van der Waals surface area contributed by atoms with Gasteiger partial charge >= 0.3 is 0 Å². The average Bonchev–Trinajstić information content (AvgIpc) is 2.37. The molecule has 3 N–H and O–H groups in total. The van der Waals surface area contributed by atoms with Crippen LogP contribution in [0.2, 0.25) is 0 Å². The third-order valence-electron chi connectivity index (χ3n) is 2.47. The predicted octanol–water partition coefficient (Wildman–Crippen LogP) is 0.0337. The highest BCUT2D eigenvalue weighted by atomic mass is 16.3. The Hall–Kier alpha value is -2.21. The number of aromatic amines is 1. The van der Waals surface area contributed by atoms with Gasteiger partial charge in [-0.3, -0.25) is 9.59 Å². The lowest BCUT2D eigenvalue weighted by molar-refractivity contribution is 0.0920. The number of fused-ring (bicyclic) bond motifs is 1. The molecule has 6 nitrogen and oxygen atoms in total. The quantitative estimate of drug-likeness (QED) is 0.713. The van der Waals surface area contributed by atoms with Crippen LogP contribution >= 0.6 is 0 Å². The number of amides is 1. The van der Waals surface area contributed by atoms with Crippen molar-refractivity contribution in [3.05, 3.63) is 40.3 Å². The summed E-state index contributed by atoms with van der Waals surface area (Å²) in [5.41, 5.74) is -0.191. The molecule has 0 radical (unpaired) electrons. The maximum atomic E-state index is 11.9. The Labute approximate surface area is 103 Å². The van der Waals surface area contributed by atoms with Crippen LogP contribution in [0.5, 0.6) is 0 Å². The second-order valence-electron chi connectivity index (χ2n) is 4.01. The third kappa shape index (κ3) is 2.38. The van der Waals surface area contributed by atoms with E-state index in [1.54, 1.807) is 31.2 Å². The van der Waals surface area contributed by atoms with Crippen molar-refractivity contribution in [3.8, 4) is 0 Å². The van der Waals surface area contributed by atoms with Crippen LogP contribution in [-0.2, 0) is 0 Å². The minimum absolute atomic E-state index is 0.133. The second-order valence-corrected chi connectivity index (χ2v) is 4.01. The normalized spacial score (nSPS) is 12.3. The summed E-state index contributed by atoms with van der Waals surface area (Å²) in [4.78, 5) is 23.4. The van der Waals surface area contributed by atoms with Gasteiger partial charge in [0.25, 0.3) is 11.5 Å². The molecule has 0 saturated heterocycles. The van der Waals surface area contributed by atoms with Crippen LogP contribution in [0.3, 0.4) is 0 Å². The molecule has 18 heavy (non-hydrogen) atoms. The molecule has 0 saturated carbocycles. The molecule has 1 atom stereocenters. The fourth-order valence-corrected chi connectivity index (χ4v) is 1.61. The molecule has 0 aliphatic carbocycles. The average molecular weight is 247 g/mol. The Bertz CT molecular complexity index is 634. The second kappa shape index (κ2) is 4.97. The molecular weight excluding hydrogens is 234 g/mol. The fraction of sp³-hybridized carbons (Fsp3) is 0.250. The molecule has 6 heteroatoms. The van der Waals surface area contributed by atoms with Crippen LogP contribution in [0.25, 0.3) is 10.8 Å². The van der Waals surface area contributed by atoms with Crippen LogP contribution in [0.15, 0.2) is 29.1 Å². The van der Waals surface area contributed by atoms with Gasteiger partial charge in [-0.05, 0) is 13.0 Å². The van der Waals surface area contributed by atoms with E-state index in [1.807, 2.05) is 0 Å². The summed E-state index contributed by atoms with van der Waals surface area (Å²) in [6, 6.07) is 6.74. The zero-order chi connectivity index (χ0) is 13.1. The van der Waals surface area contributed by atoms with E-state index in [-0.39, 0.29) is 17.8 Å². The van der Waals surface area contributed by atoms with E-state index in [2.05, 4.69) is 15.5 Å². The Morgan fingerprint density at radius 3 is 2.78 bits per heavy atom. The van der Waals surface area contributed by atoms with Crippen LogP contribution in [0, 0.1) is 0 Å². The van der Waals surface area contributed by atoms with Gasteiger partial charge in [-0.15, -0.1) is 0 Å². The summed E-state index contributed by atoms with van der Waals surface area (Å²) in [5.74, 6) is -0.427. The summed E-state index contributed by atoms with van der Waals surface area (Å²) in [7, 11) is 0. The Morgan fingerprint density at radius 1 is 1.44 bits per heavy atom. The van der Waals surface area contributed by atoms with Crippen LogP contribution in [0.4, 0.5) is 0 Å². The number of carbonyl (C=O) groups is 1. The summed E-state index contributed by atoms with van der Waals surface area (Å²) in [6.07, 6.45) is -0.636. The van der Waals surface area contributed by atoms with Gasteiger partial charge < -0.3 is 10.4 Å². The van der Waals surface area contributed by atoms with Crippen molar-refractivity contribution < 1.29 is 9.90 Å². The van der Waals surface area contributed by atoms with Crippen molar-refractivity contribution in [1.82, 2.24) is 15.5 Å². The highest BCUT2D eigenvalue weighted by Gasteiger charge is 2.13. The van der Waals surface area contributed by atoms with Gasteiger partial charge in [0.2, 0.25) is 0 Å². The number of nitrogens with zero attached hydrogens (tertiary/aromatic N) is 1. The van der Waals surface area contributed by atoms with Crippen molar-refractivity contribution in [2.75, 3.05) is 6.54 Å². The highest BCUT2D eigenvalue weighted by Crippen LogP contribution is 2.11. The standard InChI is InChI=1S/C12H13N3O3/c1-7(16)6-13-12(18)10-8-4-2-3-5-9(8)11(17)15-14-10/h2-5,7,16H,6H2,1H3,(H,13,18)(H,15,17)/t7-/m0/s1. The molecule has 0 spiro atoms. The molecule has 0 fully saturated rings. The number of aromatic nitrogens is 2. The molecule has 94 valence electrons. The highest BCUT2D eigenvalue weighted by molar-refractivity contribution is 6.04. The maximum Gasteiger partial charge on any atom is 0.272 e. The first-order valence-corrected chi connectivity index (χ1v) is 5.53. The van der Waals surface area contributed by atoms with E-state index in [9.17, 15) is 9.59 Å². The summed E-state index contributed by atoms with van der Waals surface area (Å²) >= 11 is 0. The van der Waals surface area contributed by atoms with Gasteiger partial charge in [0.15, 0.2) is 5.69 Å². The van der Waals surface area contributed by atoms with Gasteiger partial charge in [-0.2, -0.15) is 5.10 Å². The smallest absolute Gasteiger partial charge is 0.272 e. The summed E-state index contributed by atoms with van der Waals surface area (Å²) in [6.45, 7) is 1.70. The van der Waals surface area contributed by atoms with Gasteiger partial charge in [0, 0.05) is 11.9 Å². The number of H-pyrrole nitrogens is 1. The molecule has 1 amide bonds. The number of aliphatic hydroxyl groups is 1. The number of nitrogens with one attached hydrogen (secondary N) is 2. The van der Waals surface area contributed by atoms with Crippen LogP contribution in [-0.4, -0.2) is 33.9 Å². The minimum Gasteiger partial charge on any atom is -0.392 e. The van der Waals surface area contributed by atoms with E-state index in [4.69, 9.17) is 5.11 Å². The van der Waals surface area contributed by atoms with E-state index in [0.717, 1.165) is 0 Å². The lowest BCUT2D eigenvalue weighted by Gasteiger charge is -2.07. The van der Waals surface area contributed by atoms with Crippen molar-refractivity contribution in [2.24, 2.45) is 0 Å². The summed E-state index contributed by atoms with van der Waals surface area (Å²) in [5, 5.41) is 18.6. The number of carbonyl (C=O) groups excluding carboxylic acids is 1. The number of hydrogen-bond donors (Lipinski definition) is 3. The van der Waals surface area contributed by atoms with Gasteiger partial charge in [0.05, 0.1) is 11.5 Å². The van der Waals surface area contributed by atoms with Crippen molar-refractivity contribution in [1.29, 1.82) is 0 Å². The van der Waals surface area contributed by atoms with Crippen LogP contribution < -0.4 is 10.9 Å². The number of rotatable bonds is 3. The summed E-state index contributed by atoms with van der Waals surface area (Å²) < 4.78 is 0. The SMILES string of the molecule is C[C@H](O)CNC(=O)c1n[nH]c(=O)c2ccccc12. The molecule has 0 aliphatic rings. The molecule has 2 aromatic rings. The first-order valence-electron chi connectivity index (χ1n) is 5.53. The molecular formula is C12H13N3O3. The minimum atomic E-state index is -0.636. The molecule has 0 aliphatic heterocycles. The third-order valence-corrected chi connectivity index (χ3v) is 2.47. The predicted molar refractivity (Wildman–Crippen MR) is 66.4 cm³/mol. The molecule has 1 heterocycles. The van der Waals surface area contributed by atoms with E-state index in [0.29, 0.717) is 10.8 Å². The van der Waals surface area contributed by atoms with Gasteiger partial charge in [0.1, 0.15) is 0 Å². The van der Waals surface area contributed by atoms with Crippen molar-refractivity contribution in [3.63, 3.8) is 0 Å². The first-order chi connectivity index (χ1) is 8.59. The Kier molecular flexibility index (Phi) is 3.38. The number of hydrogen-bond acceptors (Lipinski definition) is 4. The van der Waals surface area contributed by atoms with Crippen molar-refractivity contribution in [2.45, 2.75) is 13.0 Å². The molecule has 1 aromatic heterocycles. The van der Waals surface area contributed by atoms with Gasteiger partial charge in [-0.1, -0.05) is 18.2 Å². The zero-order valence-corrected chi connectivity index (χ0v) is 9.80. The lowest BCUT2D eigenvalue weighted by Crippen LogP contribution is -2.32. The largest absolute Gasteiger partial charge is 0.392 e. The van der Waals surface area contributed by atoms with E-state index in [1.165, 1.54) is 0 Å². The van der Waals surface area contributed by atoms with E-state index < -0.39 is 12.0 Å². The monoisotopic (exact) mass is 247 g/mol. The molecule has 2 rings (SSSR count). The number of benzene rings is 1. The first kappa shape index (κ1) is 12.3. The van der Waals surface area contributed by atoms with Crippen LogP contribution in [0.1, 0.15) is 17.4 Å². The molecule has 0 bridgehead atoms. The number of aliphatic hydroxyl groups excluding tert-OH is 1. The molecule has 0 unspecified atom stereocenters.